The van der Waals surface area contributed by atoms with E-state index in [0.717, 1.165) is 43.3 Å². The van der Waals surface area contributed by atoms with Gasteiger partial charge in [-0.05, 0) is 39.3 Å². The molecule has 118 valence electrons. The zero-order valence-electron chi connectivity index (χ0n) is 13.8. The Morgan fingerprint density at radius 2 is 1.81 bits per heavy atom. The van der Waals surface area contributed by atoms with Gasteiger partial charge in [-0.3, -0.25) is 4.90 Å². The summed E-state index contributed by atoms with van der Waals surface area (Å²) >= 11 is 0. The van der Waals surface area contributed by atoms with E-state index in [-0.39, 0.29) is 6.10 Å². The topological polar surface area (TPSA) is 41.7 Å². The van der Waals surface area contributed by atoms with Gasteiger partial charge in [-0.25, -0.2) is 0 Å². The average molecular weight is 291 g/mol. The Kier molecular flexibility index (Phi) is 5.34. The first-order valence-electron chi connectivity index (χ1n) is 8.07. The van der Waals surface area contributed by atoms with Crippen LogP contribution in [0.2, 0.25) is 0 Å². The number of hydrogen-bond acceptors (Lipinski definition) is 4. The van der Waals surface area contributed by atoms with Gasteiger partial charge in [0.1, 0.15) is 5.75 Å². The molecule has 1 saturated heterocycles. The highest BCUT2D eigenvalue weighted by Crippen LogP contribution is 2.33. The smallest absolute Gasteiger partial charge is 0.144 e. The summed E-state index contributed by atoms with van der Waals surface area (Å²) in [5.41, 5.74) is 8.18. The molecule has 4 nitrogen and oxygen atoms in total. The van der Waals surface area contributed by atoms with Crippen molar-refractivity contribution in [2.24, 2.45) is 0 Å². The van der Waals surface area contributed by atoms with E-state index in [1.54, 1.807) is 0 Å². The lowest BCUT2D eigenvalue weighted by atomic mass is 10.1. The van der Waals surface area contributed by atoms with Crippen molar-refractivity contribution in [2.45, 2.75) is 46.3 Å². The molecule has 4 heteroatoms. The van der Waals surface area contributed by atoms with Crippen molar-refractivity contribution in [3.63, 3.8) is 0 Å². The molecule has 0 saturated carbocycles. The van der Waals surface area contributed by atoms with Gasteiger partial charge >= 0.3 is 0 Å². The Morgan fingerprint density at radius 1 is 1.14 bits per heavy atom. The van der Waals surface area contributed by atoms with Gasteiger partial charge in [0.25, 0.3) is 0 Å². The first-order valence-corrected chi connectivity index (χ1v) is 8.07. The van der Waals surface area contributed by atoms with Crippen molar-refractivity contribution >= 4 is 11.4 Å². The van der Waals surface area contributed by atoms with Crippen molar-refractivity contribution in [1.82, 2.24) is 4.90 Å². The van der Waals surface area contributed by atoms with Crippen LogP contribution in [0.5, 0.6) is 5.75 Å². The van der Waals surface area contributed by atoms with Gasteiger partial charge in [-0.1, -0.05) is 13.0 Å². The summed E-state index contributed by atoms with van der Waals surface area (Å²) in [6.07, 6.45) is 1.35. The van der Waals surface area contributed by atoms with Crippen molar-refractivity contribution in [2.75, 3.05) is 36.8 Å². The second kappa shape index (κ2) is 7.03. The van der Waals surface area contributed by atoms with Gasteiger partial charge in [0.2, 0.25) is 0 Å². The van der Waals surface area contributed by atoms with E-state index in [2.05, 4.69) is 29.7 Å². The highest BCUT2D eigenvalue weighted by atomic mass is 16.5. The van der Waals surface area contributed by atoms with Crippen molar-refractivity contribution in [3.8, 4) is 5.75 Å². The summed E-state index contributed by atoms with van der Waals surface area (Å²) in [5.74, 6) is 0.798. The number of anilines is 2. The highest BCUT2D eigenvalue weighted by molar-refractivity contribution is 5.74. The molecule has 2 N–H and O–H groups in total. The Bertz CT molecular complexity index is 453. The van der Waals surface area contributed by atoms with Crippen LogP contribution in [0, 0.1) is 0 Å². The van der Waals surface area contributed by atoms with Gasteiger partial charge in [0, 0.05) is 32.2 Å². The predicted octanol–water partition coefficient (Wildman–Crippen LogP) is 2.98. The molecule has 0 spiro atoms. The minimum Gasteiger partial charge on any atom is -0.489 e. The molecule has 1 heterocycles. The number of benzene rings is 1. The zero-order chi connectivity index (χ0) is 15.4. The van der Waals surface area contributed by atoms with Crippen LogP contribution >= 0.6 is 0 Å². The van der Waals surface area contributed by atoms with Gasteiger partial charge in [0.05, 0.1) is 17.5 Å². The molecule has 1 aromatic rings. The largest absolute Gasteiger partial charge is 0.489 e. The third-order valence-corrected chi connectivity index (χ3v) is 4.27. The van der Waals surface area contributed by atoms with Crippen LogP contribution in [-0.4, -0.2) is 43.2 Å². The summed E-state index contributed by atoms with van der Waals surface area (Å²) in [5, 5.41) is 0. The number of nitrogen functional groups attached to an aromatic ring is 1. The number of hydrogen-bond donors (Lipinski definition) is 1. The van der Waals surface area contributed by atoms with Crippen LogP contribution in [0.1, 0.15) is 34.1 Å². The third-order valence-electron chi connectivity index (χ3n) is 4.27. The molecule has 0 radical (unpaired) electrons. The maximum absolute atomic E-state index is 6.30. The molecule has 1 aliphatic rings. The molecular formula is C17H29N3O. The van der Waals surface area contributed by atoms with E-state index >= 15 is 0 Å². The quantitative estimate of drug-likeness (QED) is 0.847. The van der Waals surface area contributed by atoms with Crippen molar-refractivity contribution < 1.29 is 4.74 Å². The first-order chi connectivity index (χ1) is 10.0. The van der Waals surface area contributed by atoms with E-state index < -0.39 is 0 Å². The van der Waals surface area contributed by atoms with Gasteiger partial charge in [0.15, 0.2) is 0 Å². The lowest BCUT2D eigenvalue weighted by Crippen LogP contribution is -2.49. The average Bonchev–Trinajstić information content (AvgIpc) is 2.48. The maximum atomic E-state index is 6.30. The number of piperazine rings is 1. The Hall–Kier alpha value is -1.42. The SMILES string of the molecule is CCC(C)N1CCN(c2cccc(OC(C)C)c2N)CC1. The minimum atomic E-state index is 0.143. The fourth-order valence-corrected chi connectivity index (χ4v) is 2.83. The molecule has 1 fully saturated rings. The number of ether oxygens (including phenoxy) is 1. The molecule has 1 aromatic carbocycles. The number of nitrogens with two attached hydrogens (primary N) is 1. The third kappa shape index (κ3) is 3.82. The summed E-state index contributed by atoms with van der Waals surface area (Å²) in [4.78, 5) is 4.93. The second-order valence-electron chi connectivity index (χ2n) is 6.14. The molecule has 0 amide bonds. The molecule has 1 atom stereocenters. The van der Waals surface area contributed by atoms with Crippen LogP contribution in [0.4, 0.5) is 11.4 Å². The molecule has 1 unspecified atom stereocenters. The monoisotopic (exact) mass is 291 g/mol. The van der Waals surface area contributed by atoms with Crippen molar-refractivity contribution in [1.29, 1.82) is 0 Å². The van der Waals surface area contributed by atoms with Crippen LogP contribution in [-0.2, 0) is 0 Å². The lowest BCUT2D eigenvalue weighted by Gasteiger charge is -2.39. The molecule has 1 aliphatic heterocycles. The van der Waals surface area contributed by atoms with Gasteiger partial charge < -0.3 is 15.4 Å². The second-order valence-corrected chi connectivity index (χ2v) is 6.14. The summed E-state index contributed by atoms with van der Waals surface area (Å²) in [7, 11) is 0. The maximum Gasteiger partial charge on any atom is 0.144 e. The lowest BCUT2D eigenvalue weighted by molar-refractivity contribution is 0.193. The molecule has 0 aliphatic carbocycles. The fourth-order valence-electron chi connectivity index (χ4n) is 2.83. The Labute approximate surface area is 128 Å². The van der Waals surface area contributed by atoms with Gasteiger partial charge in [-0.2, -0.15) is 0 Å². The Morgan fingerprint density at radius 3 is 2.38 bits per heavy atom. The van der Waals surface area contributed by atoms with E-state index in [0.29, 0.717) is 6.04 Å². The normalized spacial score (nSPS) is 18.0. The van der Waals surface area contributed by atoms with Gasteiger partial charge in [-0.15, -0.1) is 0 Å². The van der Waals surface area contributed by atoms with E-state index in [4.69, 9.17) is 10.5 Å². The first kappa shape index (κ1) is 16.0. The van der Waals surface area contributed by atoms with Crippen LogP contribution in [0.15, 0.2) is 18.2 Å². The molecule has 21 heavy (non-hydrogen) atoms. The standard InChI is InChI=1S/C17H29N3O/c1-5-14(4)19-9-11-20(12-10-19)15-7-6-8-16(17(15)18)21-13(2)3/h6-8,13-14H,5,9-12,18H2,1-4H3. The molecular weight excluding hydrogens is 262 g/mol. The highest BCUT2D eigenvalue weighted by Gasteiger charge is 2.22. The van der Waals surface area contributed by atoms with Crippen LogP contribution in [0.25, 0.3) is 0 Å². The molecule has 0 bridgehead atoms. The Balaban J connectivity index is 2.06. The number of para-hydroxylation sites is 1. The summed E-state index contributed by atoms with van der Waals surface area (Å²) < 4.78 is 5.79. The fraction of sp³-hybridized carbons (Fsp3) is 0.647. The minimum absolute atomic E-state index is 0.143. The van der Waals surface area contributed by atoms with E-state index in [1.807, 2.05) is 26.0 Å². The molecule has 2 rings (SSSR count). The van der Waals surface area contributed by atoms with Crippen LogP contribution < -0.4 is 15.4 Å². The molecule has 0 aromatic heterocycles. The number of nitrogens with zero attached hydrogens (tertiary/aromatic N) is 2. The van der Waals surface area contributed by atoms with Crippen LogP contribution in [0.3, 0.4) is 0 Å². The number of rotatable bonds is 5. The van der Waals surface area contributed by atoms with E-state index in [1.165, 1.54) is 6.42 Å². The zero-order valence-corrected chi connectivity index (χ0v) is 13.8. The summed E-state index contributed by atoms with van der Waals surface area (Å²) in [6, 6.07) is 6.75. The summed E-state index contributed by atoms with van der Waals surface area (Å²) in [6.45, 7) is 12.9. The van der Waals surface area contributed by atoms with E-state index in [9.17, 15) is 0 Å². The van der Waals surface area contributed by atoms with Crippen molar-refractivity contribution in [3.05, 3.63) is 18.2 Å². The predicted molar refractivity (Wildman–Crippen MR) is 90.2 cm³/mol.